The highest BCUT2D eigenvalue weighted by Gasteiger charge is 2.40. The van der Waals surface area contributed by atoms with Gasteiger partial charge in [0.2, 0.25) is 0 Å². The zero-order valence-electron chi connectivity index (χ0n) is 12.7. The van der Waals surface area contributed by atoms with Crippen molar-refractivity contribution in [3.05, 3.63) is 40.4 Å². The van der Waals surface area contributed by atoms with Gasteiger partial charge < -0.3 is 4.74 Å². The Morgan fingerprint density at radius 3 is 3.18 bits per heavy atom. The van der Waals surface area contributed by atoms with Gasteiger partial charge in [0.05, 0.1) is 18.3 Å². The van der Waals surface area contributed by atoms with Crippen LogP contribution in [-0.4, -0.2) is 39.0 Å². The molecular formula is C16H20N4OS. The molecule has 0 saturated carbocycles. The van der Waals surface area contributed by atoms with Gasteiger partial charge in [0, 0.05) is 23.8 Å². The van der Waals surface area contributed by atoms with Crippen molar-refractivity contribution < 1.29 is 4.74 Å². The molecule has 2 aromatic rings. The summed E-state index contributed by atoms with van der Waals surface area (Å²) in [6, 6.07) is 1.97. The normalized spacial score (nSPS) is 28.7. The molecular weight excluding hydrogens is 296 g/mol. The summed E-state index contributed by atoms with van der Waals surface area (Å²) < 4.78 is 6.28. The Labute approximate surface area is 134 Å². The minimum absolute atomic E-state index is 0.139. The van der Waals surface area contributed by atoms with Gasteiger partial charge in [-0.15, -0.1) is 11.3 Å². The standard InChI is InChI=1S/C16H20N4OS/c1-11-9-22-16(19-11)8-20-5-3-12-6-14(21-15(12)7-20)13-2-4-17-10-18-13/h2,4,9-10,12,14-15H,3,5-8H2,1H3/t12-,14+,15+/m1/s1. The van der Waals surface area contributed by atoms with E-state index in [1.54, 1.807) is 23.9 Å². The zero-order chi connectivity index (χ0) is 14.9. The first-order valence-corrected chi connectivity index (χ1v) is 8.70. The van der Waals surface area contributed by atoms with Crippen molar-refractivity contribution in [3.8, 4) is 0 Å². The summed E-state index contributed by atoms with van der Waals surface area (Å²) in [5.41, 5.74) is 2.14. The van der Waals surface area contributed by atoms with E-state index < -0.39 is 0 Å². The van der Waals surface area contributed by atoms with Gasteiger partial charge in [-0.25, -0.2) is 15.0 Å². The van der Waals surface area contributed by atoms with Crippen molar-refractivity contribution in [1.82, 2.24) is 19.9 Å². The Morgan fingerprint density at radius 1 is 1.45 bits per heavy atom. The fourth-order valence-electron chi connectivity index (χ4n) is 3.49. The van der Waals surface area contributed by atoms with Crippen molar-refractivity contribution in [3.63, 3.8) is 0 Å². The van der Waals surface area contributed by atoms with Crippen molar-refractivity contribution >= 4 is 11.3 Å². The molecule has 0 N–H and O–H groups in total. The Morgan fingerprint density at radius 2 is 2.41 bits per heavy atom. The number of nitrogens with zero attached hydrogens (tertiary/aromatic N) is 4. The number of rotatable bonds is 3. The lowest BCUT2D eigenvalue weighted by Crippen LogP contribution is -2.41. The number of aryl methyl sites for hydroxylation is 1. The van der Waals surface area contributed by atoms with E-state index in [1.165, 1.54) is 11.4 Å². The zero-order valence-corrected chi connectivity index (χ0v) is 13.5. The van der Waals surface area contributed by atoms with Crippen LogP contribution in [0.2, 0.25) is 0 Å². The van der Waals surface area contributed by atoms with Crippen LogP contribution >= 0.6 is 11.3 Å². The molecule has 2 fully saturated rings. The first-order valence-electron chi connectivity index (χ1n) is 7.82. The van der Waals surface area contributed by atoms with Crippen molar-refractivity contribution in [1.29, 1.82) is 0 Å². The molecule has 2 aliphatic heterocycles. The number of hydrogen-bond donors (Lipinski definition) is 0. The lowest BCUT2D eigenvalue weighted by atomic mass is 9.91. The molecule has 4 heterocycles. The minimum atomic E-state index is 0.139. The topological polar surface area (TPSA) is 51.1 Å². The fraction of sp³-hybridized carbons (Fsp3) is 0.562. The predicted octanol–water partition coefficient (Wildman–Crippen LogP) is 2.59. The summed E-state index contributed by atoms with van der Waals surface area (Å²) in [4.78, 5) is 15.4. The Bertz CT molecular complexity index is 632. The molecule has 2 aromatic heterocycles. The van der Waals surface area contributed by atoms with Crippen LogP contribution in [0.15, 0.2) is 24.0 Å². The van der Waals surface area contributed by atoms with Gasteiger partial charge in [0.1, 0.15) is 17.4 Å². The first kappa shape index (κ1) is 14.2. The predicted molar refractivity (Wildman–Crippen MR) is 84.5 cm³/mol. The van der Waals surface area contributed by atoms with Gasteiger partial charge in [-0.1, -0.05) is 0 Å². The molecule has 0 aromatic carbocycles. The molecule has 116 valence electrons. The molecule has 4 rings (SSSR count). The van der Waals surface area contributed by atoms with Gasteiger partial charge >= 0.3 is 0 Å². The van der Waals surface area contributed by atoms with Crippen LogP contribution in [0.1, 0.15) is 35.3 Å². The smallest absolute Gasteiger partial charge is 0.115 e. The molecule has 22 heavy (non-hydrogen) atoms. The lowest BCUT2D eigenvalue weighted by Gasteiger charge is -2.33. The fourth-order valence-corrected chi connectivity index (χ4v) is 4.30. The average molecular weight is 316 g/mol. The van der Waals surface area contributed by atoms with Crippen LogP contribution in [0.25, 0.3) is 0 Å². The van der Waals surface area contributed by atoms with Crippen LogP contribution in [0, 0.1) is 12.8 Å². The molecule has 5 nitrogen and oxygen atoms in total. The third-order valence-corrected chi connectivity index (χ3v) is 5.55. The lowest BCUT2D eigenvalue weighted by molar-refractivity contribution is -0.0106. The van der Waals surface area contributed by atoms with Crippen LogP contribution in [0.5, 0.6) is 0 Å². The van der Waals surface area contributed by atoms with E-state index in [2.05, 4.69) is 32.2 Å². The highest BCUT2D eigenvalue weighted by molar-refractivity contribution is 7.09. The monoisotopic (exact) mass is 316 g/mol. The van der Waals surface area contributed by atoms with Gasteiger partial charge in [0.25, 0.3) is 0 Å². The SMILES string of the molecule is Cc1csc(CN2CC[C@@H]3C[C@@H](c4ccncn4)O[C@H]3C2)n1. The van der Waals surface area contributed by atoms with E-state index in [-0.39, 0.29) is 6.10 Å². The van der Waals surface area contributed by atoms with E-state index >= 15 is 0 Å². The molecule has 0 aliphatic carbocycles. The number of thiazole rings is 1. The number of aromatic nitrogens is 3. The van der Waals surface area contributed by atoms with Crippen molar-refractivity contribution in [2.75, 3.05) is 13.1 Å². The molecule has 2 saturated heterocycles. The quantitative estimate of drug-likeness (QED) is 0.871. The van der Waals surface area contributed by atoms with Crippen LogP contribution in [0.4, 0.5) is 0 Å². The maximum atomic E-state index is 6.28. The van der Waals surface area contributed by atoms with Gasteiger partial charge in [-0.2, -0.15) is 0 Å². The number of hydrogen-bond acceptors (Lipinski definition) is 6. The number of fused-ring (bicyclic) bond motifs is 1. The van der Waals surface area contributed by atoms with Crippen LogP contribution in [-0.2, 0) is 11.3 Å². The number of piperidine rings is 1. The highest BCUT2D eigenvalue weighted by atomic mass is 32.1. The van der Waals surface area contributed by atoms with E-state index in [0.717, 1.165) is 37.4 Å². The van der Waals surface area contributed by atoms with Gasteiger partial charge in [-0.3, -0.25) is 4.90 Å². The first-order chi connectivity index (χ1) is 10.8. The Kier molecular flexibility index (Phi) is 3.90. The summed E-state index contributed by atoms with van der Waals surface area (Å²) in [6.07, 6.45) is 6.17. The molecule has 0 spiro atoms. The summed E-state index contributed by atoms with van der Waals surface area (Å²) in [5.74, 6) is 0.661. The summed E-state index contributed by atoms with van der Waals surface area (Å²) in [5, 5.41) is 3.33. The van der Waals surface area contributed by atoms with Gasteiger partial charge in [-0.05, 0) is 38.3 Å². The van der Waals surface area contributed by atoms with E-state index in [1.807, 2.05) is 6.07 Å². The maximum absolute atomic E-state index is 6.28. The van der Waals surface area contributed by atoms with Gasteiger partial charge in [0.15, 0.2) is 0 Å². The highest BCUT2D eigenvalue weighted by Crippen LogP contribution is 2.40. The molecule has 0 bridgehead atoms. The van der Waals surface area contributed by atoms with E-state index in [4.69, 9.17) is 4.74 Å². The summed E-state index contributed by atoms with van der Waals surface area (Å²) in [7, 11) is 0. The third-order valence-electron chi connectivity index (χ3n) is 4.60. The maximum Gasteiger partial charge on any atom is 0.115 e. The molecule has 6 heteroatoms. The minimum Gasteiger partial charge on any atom is -0.367 e. The van der Waals surface area contributed by atoms with E-state index in [9.17, 15) is 0 Å². The Hall–Kier alpha value is -1.37. The summed E-state index contributed by atoms with van der Waals surface area (Å²) >= 11 is 1.76. The molecule has 0 amide bonds. The average Bonchev–Trinajstić information content (AvgIpc) is 3.14. The van der Waals surface area contributed by atoms with Crippen molar-refractivity contribution in [2.45, 2.75) is 38.5 Å². The van der Waals surface area contributed by atoms with Crippen LogP contribution < -0.4 is 0 Å². The number of ether oxygens (including phenoxy) is 1. The second kappa shape index (κ2) is 6.02. The molecule has 2 aliphatic rings. The second-order valence-electron chi connectivity index (χ2n) is 6.20. The molecule has 0 unspecified atom stereocenters. The van der Waals surface area contributed by atoms with Crippen molar-refractivity contribution in [2.24, 2.45) is 5.92 Å². The summed E-state index contributed by atoms with van der Waals surface area (Å²) in [6.45, 7) is 5.15. The van der Waals surface area contributed by atoms with E-state index in [0.29, 0.717) is 12.0 Å². The molecule has 0 radical (unpaired) electrons. The largest absolute Gasteiger partial charge is 0.367 e. The van der Waals surface area contributed by atoms with Crippen LogP contribution in [0.3, 0.4) is 0 Å². The third kappa shape index (κ3) is 2.91. The number of likely N-dealkylation sites (tertiary alicyclic amines) is 1. The second-order valence-corrected chi connectivity index (χ2v) is 7.14. The molecule has 3 atom stereocenters. The Balaban J connectivity index is 1.39.